The molecule has 7 heteroatoms. The Labute approximate surface area is 178 Å². The second-order valence-electron chi connectivity index (χ2n) is 8.36. The van der Waals surface area contributed by atoms with Gasteiger partial charge in [0.1, 0.15) is 6.10 Å². The molecule has 2 bridgehead atoms. The summed E-state index contributed by atoms with van der Waals surface area (Å²) in [5.41, 5.74) is 2.37. The minimum atomic E-state index is -0.354. The van der Waals surface area contributed by atoms with Crippen LogP contribution in [0.1, 0.15) is 28.8 Å². The van der Waals surface area contributed by atoms with Crippen molar-refractivity contribution in [2.45, 2.75) is 25.9 Å². The molecule has 0 aromatic heterocycles. The summed E-state index contributed by atoms with van der Waals surface area (Å²) in [7, 11) is 0. The van der Waals surface area contributed by atoms with Crippen LogP contribution in [-0.2, 0) is 14.3 Å². The molecule has 2 aromatic rings. The number of fused-ring (bicyclic) bond motifs is 1. The van der Waals surface area contributed by atoms with E-state index in [4.69, 9.17) is 16.3 Å². The zero-order valence-corrected chi connectivity index (χ0v) is 17.1. The lowest BCUT2D eigenvalue weighted by Crippen LogP contribution is -2.35. The highest BCUT2D eigenvalue weighted by molar-refractivity contribution is 6.31. The lowest BCUT2D eigenvalue weighted by atomic mass is 9.79. The smallest absolute Gasteiger partial charge is 0.310 e. The number of ether oxygens (including phenoxy) is 1. The van der Waals surface area contributed by atoms with Crippen LogP contribution < -0.4 is 10.6 Å². The molecule has 3 aliphatic rings. The van der Waals surface area contributed by atoms with Crippen LogP contribution in [0, 0.1) is 30.6 Å². The number of esters is 1. The van der Waals surface area contributed by atoms with Crippen molar-refractivity contribution in [2.75, 3.05) is 10.6 Å². The SMILES string of the molecule is Cc1c(Cl)cccc1NC(=O)c1cccc(NC(=O)[C@@H]2[C@@H]3C[C@@H]4[C@@H]2C(=O)O[C@H]4C3)c1. The average molecular weight is 425 g/mol. The second-order valence-corrected chi connectivity index (χ2v) is 8.77. The molecule has 154 valence electrons. The minimum Gasteiger partial charge on any atom is -0.462 e. The van der Waals surface area contributed by atoms with Crippen molar-refractivity contribution in [2.24, 2.45) is 23.7 Å². The molecule has 2 aromatic carbocycles. The van der Waals surface area contributed by atoms with Gasteiger partial charge in [-0.2, -0.15) is 0 Å². The predicted molar refractivity (Wildman–Crippen MR) is 112 cm³/mol. The summed E-state index contributed by atoms with van der Waals surface area (Å²) < 4.78 is 5.41. The molecular formula is C23H21ClN2O4. The monoisotopic (exact) mass is 424 g/mol. The van der Waals surface area contributed by atoms with Crippen molar-refractivity contribution in [1.29, 1.82) is 0 Å². The Kier molecular flexibility index (Phi) is 4.54. The van der Waals surface area contributed by atoms with E-state index in [1.165, 1.54) is 0 Å². The van der Waals surface area contributed by atoms with Crippen LogP contribution >= 0.6 is 11.6 Å². The lowest BCUT2D eigenvalue weighted by molar-refractivity contribution is -0.145. The Morgan fingerprint density at radius 1 is 1.10 bits per heavy atom. The van der Waals surface area contributed by atoms with Gasteiger partial charge in [-0.3, -0.25) is 14.4 Å². The van der Waals surface area contributed by atoms with E-state index in [0.717, 1.165) is 18.4 Å². The molecule has 2 N–H and O–H groups in total. The fourth-order valence-electron chi connectivity index (χ4n) is 5.26. The van der Waals surface area contributed by atoms with Crippen molar-refractivity contribution in [3.8, 4) is 0 Å². The summed E-state index contributed by atoms with van der Waals surface area (Å²) in [5, 5.41) is 6.34. The van der Waals surface area contributed by atoms with Gasteiger partial charge < -0.3 is 15.4 Å². The number of carbonyl (C=O) groups is 3. The van der Waals surface area contributed by atoms with Gasteiger partial charge in [0, 0.05) is 27.9 Å². The van der Waals surface area contributed by atoms with Crippen LogP contribution in [0.25, 0.3) is 0 Å². The number of hydrogen-bond acceptors (Lipinski definition) is 4. The van der Waals surface area contributed by atoms with Gasteiger partial charge in [0.25, 0.3) is 5.91 Å². The third-order valence-corrected chi connectivity index (χ3v) is 7.10. The van der Waals surface area contributed by atoms with E-state index < -0.39 is 0 Å². The minimum absolute atomic E-state index is 0.00137. The van der Waals surface area contributed by atoms with Crippen LogP contribution in [0.15, 0.2) is 42.5 Å². The predicted octanol–water partition coefficient (Wildman–Crippen LogP) is 4.04. The van der Waals surface area contributed by atoms with Gasteiger partial charge in [0.2, 0.25) is 5.91 Å². The third kappa shape index (κ3) is 3.06. The molecule has 0 unspecified atom stereocenters. The number of carbonyl (C=O) groups excluding carboxylic acids is 3. The molecule has 2 saturated carbocycles. The average Bonchev–Trinajstić information content (AvgIpc) is 3.34. The van der Waals surface area contributed by atoms with Crippen molar-refractivity contribution >= 4 is 40.8 Å². The summed E-state index contributed by atoms with van der Waals surface area (Å²) >= 11 is 6.12. The van der Waals surface area contributed by atoms with E-state index in [9.17, 15) is 14.4 Å². The maximum atomic E-state index is 13.0. The molecule has 2 amide bonds. The Morgan fingerprint density at radius 3 is 2.73 bits per heavy atom. The number of nitrogens with one attached hydrogen (secondary N) is 2. The lowest BCUT2D eigenvalue weighted by Gasteiger charge is -2.23. The third-order valence-electron chi connectivity index (χ3n) is 6.69. The van der Waals surface area contributed by atoms with Crippen LogP contribution in [0.2, 0.25) is 5.02 Å². The molecule has 1 aliphatic heterocycles. The maximum absolute atomic E-state index is 13.0. The van der Waals surface area contributed by atoms with E-state index >= 15 is 0 Å². The first-order chi connectivity index (χ1) is 14.4. The maximum Gasteiger partial charge on any atom is 0.310 e. The largest absolute Gasteiger partial charge is 0.462 e. The molecule has 0 spiro atoms. The van der Waals surface area contributed by atoms with E-state index in [1.54, 1.807) is 42.5 Å². The van der Waals surface area contributed by atoms with E-state index in [1.807, 2.05) is 6.92 Å². The molecule has 2 aliphatic carbocycles. The summed E-state index contributed by atoms with van der Waals surface area (Å²) in [4.78, 5) is 37.8. The topological polar surface area (TPSA) is 84.5 Å². The van der Waals surface area contributed by atoms with E-state index in [-0.39, 0.29) is 47.6 Å². The van der Waals surface area contributed by atoms with Gasteiger partial charge >= 0.3 is 5.97 Å². The highest BCUT2D eigenvalue weighted by Gasteiger charge is 2.63. The highest BCUT2D eigenvalue weighted by Crippen LogP contribution is 2.57. The molecule has 0 radical (unpaired) electrons. The van der Waals surface area contributed by atoms with Crippen molar-refractivity contribution in [3.63, 3.8) is 0 Å². The molecule has 5 atom stereocenters. The molecule has 30 heavy (non-hydrogen) atoms. The van der Waals surface area contributed by atoms with Gasteiger partial charge in [-0.1, -0.05) is 23.7 Å². The summed E-state index contributed by atoms with van der Waals surface area (Å²) in [6.45, 7) is 1.84. The summed E-state index contributed by atoms with van der Waals surface area (Å²) in [5.74, 6) is -1.02. The first-order valence-corrected chi connectivity index (χ1v) is 10.5. The van der Waals surface area contributed by atoms with Crippen LogP contribution in [0.3, 0.4) is 0 Å². The first kappa shape index (κ1) is 19.1. The van der Waals surface area contributed by atoms with Crippen LogP contribution in [0.4, 0.5) is 11.4 Å². The van der Waals surface area contributed by atoms with Crippen molar-refractivity contribution < 1.29 is 19.1 Å². The van der Waals surface area contributed by atoms with Gasteiger partial charge in [-0.25, -0.2) is 0 Å². The number of benzene rings is 2. The summed E-state index contributed by atoms with van der Waals surface area (Å²) in [6, 6.07) is 12.1. The van der Waals surface area contributed by atoms with Crippen LogP contribution in [-0.4, -0.2) is 23.9 Å². The van der Waals surface area contributed by atoms with Crippen LogP contribution in [0.5, 0.6) is 0 Å². The zero-order valence-electron chi connectivity index (χ0n) is 16.4. The summed E-state index contributed by atoms with van der Waals surface area (Å²) in [6.07, 6.45) is 1.64. The number of hydrogen-bond donors (Lipinski definition) is 2. The first-order valence-electron chi connectivity index (χ1n) is 10.1. The van der Waals surface area contributed by atoms with Gasteiger partial charge in [0.05, 0.1) is 11.8 Å². The number of rotatable bonds is 4. The van der Waals surface area contributed by atoms with Gasteiger partial charge in [-0.15, -0.1) is 0 Å². The second kappa shape index (κ2) is 7.13. The van der Waals surface area contributed by atoms with Gasteiger partial charge in [0.15, 0.2) is 0 Å². The van der Waals surface area contributed by atoms with Gasteiger partial charge in [-0.05, 0) is 61.6 Å². The van der Waals surface area contributed by atoms with E-state index in [0.29, 0.717) is 22.0 Å². The zero-order chi connectivity index (χ0) is 21.0. The quantitative estimate of drug-likeness (QED) is 0.725. The fourth-order valence-corrected chi connectivity index (χ4v) is 5.44. The Morgan fingerprint density at radius 2 is 1.90 bits per heavy atom. The normalized spacial score (nSPS) is 28.3. The molecule has 3 fully saturated rings. The molecule has 1 saturated heterocycles. The van der Waals surface area contributed by atoms with E-state index in [2.05, 4.69) is 10.6 Å². The molecule has 6 nitrogen and oxygen atoms in total. The Hall–Kier alpha value is -2.86. The number of halogens is 1. The number of amides is 2. The highest BCUT2D eigenvalue weighted by atomic mass is 35.5. The Balaban J connectivity index is 1.31. The Bertz CT molecular complexity index is 1070. The van der Waals surface area contributed by atoms with Crippen molar-refractivity contribution in [1.82, 2.24) is 0 Å². The fraction of sp³-hybridized carbons (Fsp3) is 0.348. The molecule has 1 heterocycles. The molecular weight excluding hydrogens is 404 g/mol. The molecule has 5 rings (SSSR count). The van der Waals surface area contributed by atoms with Crippen molar-refractivity contribution in [3.05, 3.63) is 58.6 Å². The number of anilines is 2. The standard InChI is InChI=1S/C23H21ClN2O4/c1-11-16(24)6-3-7-17(11)26-21(27)12-4-2-5-14(8-12)25-22(28)19-13-9-15-18(10-13)30-23(29)20(15)19/h2-8,13,15,18-20H,9-10H2,1H3,(H,25,28)(H,26,27)/t13-,15+,18+,19-,20+/m1/s1.